The number of piperazine rings is 1. The van der Waals surface area contributed by atoms with Crippen molar-refractivity contribution in [3.05, 3.63) is 0 Å². The zero-order valence-corrected chi connectivity index (χ0v) is 13.8. The van der Waals surface area contributed by atoms with Gasteiger partial charge in [-0.25, -0.2) is 0 Å². The van der Waals surface area contributed by atoms with Gasteiger partial charge in [0.25, 0.3) is 0 Å². The lowest BCUT2D eigenvalue weighted by Crippen LogP contribution is -2.57. The molecule has 1 aliphatic heterocycles. The lowest BCUT2D eigenvalue weighted by molar-refractivity contribution is 0.108. The highest BCUT2D eigenvalue weighted by atomic mass is 15.2. The Morgan fingerprint density at radius 3 is 2.37 bits per heavy atom. The Labute approximate surface area is 121 Å². The van der Waals surface area contributed by atoms with Crippen LogP contribution in [0.5, 0.6) is 0 Å². The Hall–Kier alpha value is -0.0800. The molecule has 1 aliphatic rings. The van der Waals surface area contributed by atoms with Gasteiger partial charge >= 0.3 is 0 Å². The van der Waals surface area contributed by atoms with Gasteiger partial charge in [-0.15, -0.1) is 0 Å². The third kappa shape index (κ3) is 6.27. The fraction of sp³-hybridized carbons (Fsp3) is 1.00. The largest absolute Gasteiger partial charge is 0.311 e. The minimum atomic E-state index is 0.697. The lowest BCUT2D eigenvalue weighted by Gasteiger charge is -2.41. The Morgan fingerprint density at radius 1 is 1.05 bits per heavy atom. The smallest absolute Gasteiger partial charge is 0.0218 e. The maximum atomic E-state index is 3.73. The number of nitrogens with zero attached hydrogens (tertiary/aromatic N) is 1. The predicted octanol–water partition coefficient (Wildman–Crippen LogP) is 4.06. The molecule has 1 rings (SSSR count). The van der Waals surface area contributed by atoms with Crippen molar-refractivity contribution in [2.75, 3.05) is 19.6 Å². The summed E-state index contributed by atoms with van der Waals surface area (Å²) in [6.07, 6.45) is 9.74. The van der Waals surface area contributed by atoms with E-state index in [1.807, 2.05) is 0 Å². The third-order valence-electron chi connectivity index (χ3n) is 4.64. The molecule has 0 aromatic heterocycles. The number of rotatable bonds is 9. The van der Waals surface area contributed by atoms with Crippen molar-refractivity contribution in [3.8, 4) is 0 Å². The number of nitrogens with one attached hydrogen (secondary N) is 1. The Balaban J connectivity index is 2.23. The summed E-state index contributed by atoms with van der Waals surface area (Å²) in [5.41, 5.74) is 0. The van der Waals surface area contributed by atoms with Crippen LogP contribution in [0.15, 0.2) is 0 Å². The van der Waals surface area contributed by atoms with E-state index in [4.69, 9.17) is 0 Å². The molecule has 0 bridgehead atoms. The maximum absolute atomic E-state index is 3.73. The molecule has 0 aromatic rings. The van der Waals surface area contributed by atoms with Crippen LogP contribution in [0, 0.1) is 5.92 Å². The molecule has 0 aromatic carbocycles. The molecular weight excluding hydrogens is 232 g/mol. The van der Waals surface area contributed by atoms with Crippen LogP contribution in [0.1, 0.15) is 72.6 Å². The monoisotopic (exact) mass is 268 g/mol. The van der Waals surface area contributed by atoms with Crippen molar-refractivity contribution in [1.29, 1.82) is 0 Å². The molecule has 2 unspecified atom stereocenters. The summed E-state index contributed by atoms with van der Waals surface area (Å²) in [5, 5.41) is 3.73. The molecule has 1 heterocycles. The third-order valence-corrected chi connectivity index (χ3v) is 4.64. The molecule has 1 N–H and O–H groups in total. The molecule has 1 fully saturated rings. The average Bonchev–Trinajstić information content (AvgIpc) is 2.42. The second-order valence-electron chi connectivity index (χ2n) is 6.58. The summed E-state index contributed by atoms with van der Waals surface area (Å²) in [4.78, 5) is 2.75. The maximum Gasteiger partial charge on any atom is 0.0218 e. The standard InChI is InChI=1S/C17H36N2/c1-5-7-8-9-10-11-12-19-14-17(15(3)4)18-13-16(19)6-2/h15-18H,5-14H2,1-4H3. The minimum absolute atomic E-state index is 0.697. The molecular formula is C17H36N2. The van der Waals surface area contributed by atoms with Crippen LogP contribution >= 0.6 is 0 Å². The molecule has 0 aliphatic carbocycles. The highest BCUT2D eigenvalue weighted by Crippen LogP contribution is 2.16. The molecule has 0 spiro atoms. The van der Waals surface area contributed by atoms with E-state index in [9.17, 15) is 0 Å². The second-order valence-corrected chi connectivity index (χ2v) is 6.58. The normalized spacial score (nSPS) is 25.1. The molecule has 2 atom stereocenters. The van der Waals surface area contributed by atoms with Crippen LogP contribution in [-0.4, -0.2) is 36.6 Å². The van der Waals surface area contributed by atoms with Gasteiger partial charge in [0, 0.05) is 25.2 Å². The van der Waals surface area contributed by atoms with Crippen molar-refractivity contribution in [2.45, 2.75) is 84.7 Å². The first-order valence-electron chi connectivity index (χ1n) is 8.66. The van der Waals surface area contributed by atoms with Gasteiger partial charge in [-0.2, -0.15) is 0 Å². The number of unbranched alkanes of at least 4 members (excludes halogenated alkanes) is 5. The summed E-state index contributed by atoms with van der Waals surface area (Å²) in [5.74, 6) is 0.755. The van der Waals surface area contributed by atoms with E-state index in [1.54, 1.807) is 0 Å². The van der Waals surface area contributed by atoms with Crippen LogP contribution in [0.4, 0.5) is 0 Å². The van der Waals surface area contributed by atoms with Crippen molar-refractivity contribution in [2.24, 2.45) is 5.92 Å². The van der Waals surface area contributed by atoms with E-state index in [0.717, 1.165) is 12.0 Å². The van der Waals surface area contributed by atoms with Crippen LogP contribution in [0.2, 0.25) is 0 Å². The Kier molecular flexibility index (Phi) is 8.72. The van der Waals surface area contributed by atoms with Crippen molar-refractivity contribution >= 4 is 0 Å². The molecule has 114 valence electrons. The predicted molar refractivity (Wildman–Crippen MR) is 85.7 cm³/mol. The summed E-state index contributed by atoms with van der Waals surface area (Å²) < 4.78 is 0. The van der Waals surface area contributed by atoms with Gasteiger partial charge in [-0.1, -0.05) is 59.8 Å². The van der Waals surface area contributed by atoms with Crippen LogP contribution < -0.4 is 5.32 Å². The molecule has 2 heteroatoms. The summed E-state index contributed by atoms with van der Waals surface area (Å²) in [6, 6.07) is 1.47. The average molecular weight is 268 g/mol. The molecule has 0 amide bonds. The van der Waals surface area contributed by atoms with Gasteiger partial charge in [0.1, 0.15) is 0 Å². The molecule has 0 radical (unpaired) electrons. The van der Waals surface area contributed by atoms with Crippen LogP contribution in [0.3, 0.4) is 0 Å². The molecule has 19 heavy (non-hydrogen) atoms. The molecule has 1 saturated heterocycles. The van der Waals surface area contributed by atoms with Crippen molar-refractivity contribution in [1.82, 2.24) is 10.2 Å². The van der Waals surface area contributed by atoms with Gasteiger partial charge in [0.05, 0.1) is 0 Å². The van der Waals surface area contributed by atoms with Crippen molar-refractivity contribution in [3.63, 3.8) is 0 Å². The molecule has 0 saturated carbocycles. The van der Waals surface area contributed by atoms with E-state index in [-0.39, 0.29) is 0 Å². The van der Waals surface area contributed by atoms with Gasteiger partial charge in [-0.05, 0) is 25.3 Å². The van der Waals surface area contributed by atoms with E-state index in [0.29, 0.717) is 6.04 Å². The quantitative estimate of drug-likeness (QED) is 0.635. The van der Waals surface area contributed by atoms with Gasteiger partial charge in [-0.3, -0.25) is 4.90 Å². The van der Waals surface area contributed by atoms with Gasteiger partial charge in [0.15, 0.2) is 0 Å². The summed E-state index contributed by atoms with van der Waals surface area (Å²) in [7, 11) is 0. The van der Waals surface area contributed by atoms with Gasteiger partial charge < -0.3 is 5.32 Å². The first-order chi connectivity index (χ1) is 9.19. The topological polar surface area (TPSA) is 15.3 Å². The fourth-order valence-electron chi connectivity index (χ4n) is 3.10. The summed E-state index contributed by atoms with van der Waals surface area (Å²) >= 11 is 0. The first-order valence-corrected chi connectivity index (χ1v) is 8.66. The molecule has 2 nitrogen and oxygen atoms in total. The number of hydrogen-bond acceptors (Lipinski definition) is 2. The zero-order valence-electron chi connectivity index (χ0n) is 13.8. The van der Waals surface area contributed by atoms with Gasteiger partial charge in [0.2, 0.25) is 0 Å². The van der Waals surface area contributed by atoms with E-state index >= 15 is 0 Å². The number of hydrogen-bond donors (Lipinski definition) is 1. The van der Waals surface area contributed by atoms with Crippen LogP contribution in [-0.2, 0) is 0 Å². The van der Waals surface area contributed by atoms with Crippen molar-refractivity contribution < 1.29 is 0 Å². The Bertz CT molecular complexity index is 215. The van der Waals surface area contributed by atoms with E-state index < -0.39 is 0 Å². The SMILES string of the molecule is CCCCCCCCN1CC(C(C)C)NCC1CC. The Morgan fingerprint density at radius 2 is 1.74 bits per heavy atom. The summed E-state index contributed by atoms with van der Waals surface area (Å²) in [6.45, 7) is 13.1. The second kappa shape index (κ2) is 9.77. The van der Waals surface area contributed by atoms with Crippen LogP contribution in [0.25, 0.3) is 0 Å². The van der Waals surface area contributed by atoms with E-state index in [2.05, 4.69) is 37.9 Å². The highest BCUT2D eigenvalue weighted by molar-refractivity contribution is 4.86. The first kappa shape index (κ1) is 17.0. The van der Waals surface area contributed by atoms with E-state index in [1.165, 1.54) is 64.6 Å². The zero-order chi connectivity index (χ0) is 14.1. The fourth-order valence-corrected chi connectivity index (χ4v) is 3.10. The minimum Gasteiger partial charge on any atom is -0.311 e. The lowest BCUT2D eigenvalue weighted by atomic mass is 9.98. The highest BCUT2D eigenvalue weighted by Gasteiger charge is 2.27.